The van der Waals surface area contributed by atoms with Crippen LogP contribution < -0.4 is 10.1 Å². The number of carbonyl (C=O) groups is 1. The number of nitrogens with one attached hydrogen (secondary N) is 1. The van der Waals surface area contributed by atoms with Gasteiger partial charge in [-0.05, 0) is 37.6 Å². The molecule has 1 aromatic carbocycles. The molecule has 0 aliphatic heterocycles. The maximum atomic E-state index is 11.6. The summed E-state index contributed by atoms with van der Waals surface area (Å²) in [5.41, 5.74) is 0. The van der Waals surface area contributed by atoms with Crippen molar-refractivity contribution >= 4 is 17.7 Å². The van der Waals surface area contributed by atoms with Gasteiger partial charge in [-0.1, -0.05) is 13.3 Å². The maximum absolute atomic E-state index is 11.6. The van der Waals surface area contributed by atoms with E-state index >= 15 is 0 Å². The number of thioether (sulfide) groups is 1. The van der Waals surface area contributed by atoms with Crippen LogP contribution in [-0.4, -0.2) is 36.0 Å². The monoisotopic (exact) mass is 297 g/mol. The lowest BCUT2D eigenvalue weighted by molar-refractivity contribution is -0.119. The van der Waals surface area contributed by atoms with Crippen LogP contribution in [0.1, 0.15) is 26.7 Å². The van der Waals surface area contributed by atoms with Crippen LogP contribution in [-0.2, 0) is 4.79 Å². The van der Waals surface area contributed by atoms with Gasteiger partial charge in [-0.3, -0.25) is 4.79 Å². The summed E-state index contributed by atoms with van der Waals surface area (Å²) in [6, 6.07) is 7.67. The molecule has 112 valence electrons. The molecule has 0 aliphatic carbocycles. The SMILES string of the molecule is CCCC(O)CNC(=O)CSc1ccc(OCC)cc1. The van der Waals surface area contributed by atoms with E-state index in [9.17, 15) is 9.90 Å². The first-order valence-electron chi connectivity index (χ1n) is 6.96. The van der Waals surface area contributed by atoms with Crippen molar-refractivity contribution in [1.29, 1.82) is 0 Å². The molecule has 1 rings (SSSR count). The van der Waals surface area contributed by atoms with Gasteiger partial charge in [0.25, 0.3) is 0 Å². The Hall–Kier alpha value is -1.20. The first-order chi connectivity index (χ1) is 9.65. The van der Waals surface area contributed by atoms with Gasteiger partial charge < -0.3 is 15.2 Å². The minimum absolute atomic E-state index is 0.0564. The van der Waals surface area contributed by atoms with Crippen LogP contribution in [0.2, 0.25) is 0 Å². The fraction of sp³-hybridized carbons (Fsp3) is 0.533. The average Bonchev–Trinajstić information content (AvgIpc) is 2.45. The highest BCUT2D eigenvalue weighted by Gasteiger charge is 2.06. The van der Waals surface area contributed by atoms with Gasteiger partial charge in [-0.15, -0.1) is 11.8 Å². The van der Waals surface area contributed by atoms with E-state index in [4.69, 9.17) is 4.74 Å². The number of aliphatic hydroxyl groups is 1. The van der Waals surface area contributed by atoms with Crippen LogP contribution in [0.25, 0.3) is 0 Å². The van der Waals surface area contributed by atoms with Crippen molar-refractivity contribution in [2.75, 3.05) is 18.9 Å². The first-order valence-corrected chi connectivity index (χ1v) is 7.94. The molecule has 1 aromatic rings. The average molecular weight is 297 g/mol. The Bertz CT molecular complexity index is 395. The molecule has 0 spiro atoms. The van der Waals surface area contributed by atoms with E-state index in [2.05, 4.69) is 5.32 Å². The fourth-order valence-electron chi connectivity index (χ4n) is 1.67. The highest BCUT2D eigenvalue weighted by atomic mass is 32.2. The van der Waals surface area contributed by atoms with Crippen molar-refractivity contribution in [2.45, 2.75) is 37.7 Å². The maximum Gasteiger partial charge on any atom is 0.230 e. The van der Waals surface area contributed by atoms with Crippen LogP contribution in [0.4, 0.5) is 0 Å². The van der Waals surface area contributed by atoms with Gasteiger partial charge in [0.2, 0.25) is 5.91 Å². The number of hydrogen-bond donors (Lipinski definition) is 2. The quantitative estimate of drug-likeness (QED) is 0.687. The third-order valence-corrected chi connectivity index (χ3v) is 3.67. The number of carbonyl (C=O) groups excluding carboxylic acids is 1. The Morgan fingerprint density at radius 1 is 1.35 bits per heavy atom. The fourth-order valence-corrected chi connectivity index (χ4v) is 2.39. The van der Waals surface area contributed by atoms with E-state index in [0.29, 0.717) is 25.3 Å². The summed E-state index contributed by atoms with van der Waals surface area (Å²) in [7, 11) is 0. The largest absolute Gasteiger partial charge is 0.494 e. The lowest BCUT2D eigenvalue weighted by Crippen LogP contribution is -2.33. The van der Waals surface area contributed by atoms with Gasteiger partial charge >= 0.3 is 0 Å². The minimum atomic E-state index is -0.445. The highest BCUT2D eigenvalue weighted by Crippen LogP contribution is 2.21. The Morgan fingerprint density at radius 3 is 2.65 bits per heavy atom. The van der Waals surface area contributed by atoms with E-state index in [1.807, 2.05) is 38.1 Å². The zero-order chi connectivity index (χ0) is 14.8. The molecular weight excluding hydrogens is 274 g/mol. The van der Waals surface area contributed by atoms with E-state index in [-0.39, 0.29) is 5.91 Å². The van der Waals surface area contributed by atoms with Crippen molar-refractivity contribution in [2.24, 2.45) is 0 Å². The lowest BCUT2D eigenvalue weighted by Gasteiger charge is -2.10. The van der Waals surface area contributed by atoms with Crippen molar-refractivity contribution < 1.29 is 14.6 Å². The molecule has 1 unspecified atom stereocenters. The molecule has 0 saturated carbocycles. The Kier molecular flexibility index (Phi) is 8.14. The number of aliphatic hydroxyl groups excluding tert-OH is 1. The zero-order valence-electron chi connectivity index (χ0n) is 12.1. The third kappa shape index (κ3) is 6.82. The van der Waals surface area contributed by atoms with Gasteiger partial charge in [-0.25, -0.2) is 0 Å². The molecule has 1 amide bonds. The number of ether oxygens (including phenoxy) is 1. The van der Waals surface area contributed by atoms with E-state index in [1.54, 1.807) is 0 Å². The van der Waals surface area contributed by atoms with Crippen LogP contribution in [0, 0.1) is 0 Å². The second-order valence-corrected chi connectivity index (χ2v) is 5.49. The van der Waals surface area contributed by atoms with Crippen molar-refractivity contribution in [3.05, 3.63) is 24.3 Å². The van der Waals surface area contributed by atoms with Gasteiger partial charge in [0.05, 0.1) is 18.5 Å². The second-order valence-electron chi connectivity index (χ2n) is 4.44. The first kappa shape index (κ1) is 16.9. The Morgan fingerprint density at radius 2 is 2.05 bits per heavy atom. The molecule has 0 bridgehead atoms. The predicted octanol–water partition coefficient (Wildman–Crippen LogP) is 2.45. The normalized spacial score (nSPS) is 11.9. The molecule has 0 saturated heterocycles. The van der Waals surface area contributed by atoms with Crippen LogP contribution in [0.3, 0.4) is 0 Å². The molecule has 0 aromatic heterocycles. The molecule has 1 atom stereocenters. The molecule has 0 radical (unpaired) electrons. The molecule has 0 heterocycles. The van der Waals surface area contributed by atoms with Gasteiger partial charge in [0.1, 0.15) is 5.75 Å². The summed E-state index contributed by atoms with van der Waals surface area (Å²) in [5.74, 6) is 1.13. The topological polar surface area (TPSA) is 58.6 Å². The van der Waals surface area contributed by atoms with E-state index in [0.717, 1.165) is 17.1 Å². The second kappa shape index (κ2) is 9.66. The van der Waals surface area contributed by atoms with Crippen molar-refractivity contribution in [3.8, 4) is 5.75 Å². The van der Waals surface area contributed by atoms with Gasteiger partial charge in [0, 0.05) is 11.4 Å². The number of amides is 1. The summed E-state index contributed by atoms with van der Waals surface area (Å²) < 4.78 is 5.36. The molecular formula is C15H23NO3S. The minimum Gasteiger partial charge on any atom is -0.494 e. The summed E-state index contributed by atoms with van der Waals surface area (Å²) in [5, 5.41) is 12.3. The summed E-state index contributed by atoms with van der Waals surface area (Å²) in [6.45, 7) is 4.93. The molecule has 5 heteroatoms. The smallest absolute Gasteiger partial charge is 0.230 e. The highest BCUT2D eigenvalue weighted by molar-refractivity contribution is 8.00. The standard InChI is InChI=1S/C15H23NO3S/c1-3-5-12(17)10-16-15(18)11-20-14-8-6-13(7-9-14)19-4-2/h6-9,12,17H,3-5,10-11H2,1-2H3,(H,16,18). The number of hydrogen-bond acceptors (Lipinski definition) is 4. The molecule has 0 aliphatic rings. The number of rotatable bonds is 9. The summed E-state index contributed by atoms with van der Waals surface area (Å²) >= 11 is 1.47. The Balaban J connectivity index is 2.26. The van der Waals surface area contributed by atoms with Gasteiger partial charge in [0.15, 0.2) is 0 Å². The summed E-state index contributed by atoms with van der Waals surface area (Å²) in [6.07, 6.45) is 1.18. The molecule has 20 heavy (non-hydrogen) atoms. The lowest BCUT2D eigenvalue weighted by atomic mass is 10.2. The zero-order valence-corrected chi connectivity index (χ0v) is 12.9. The van der Waals surface area contributed by atoms with Crippen molar-refractivity contribution in [1.82, 2.24) is 5.32 Å². The van der Waals surface area contributed by atoms with E-state index in [1.165, 1.54) is 11.8 Å². The molecule has 0 fully saturated rings. The van der Waals surface area contributed by atoms with E-state index < -0.39 is 6.10 Å². The van der Waals surface area contributed by atoms with Crippen LogP contribution >= 0.6 is 11.8 Å². The Labute approximate surface area is 124 Å². The van der Waals surface area contributed by atoms with Crippen molar-refractivity contribution in [3.63, 3.8) is 0 Å². The molecule has 4 nitrogen and oxygen atoms in total. The van der Waals surface area contributed by atoms with Gasteiger partial charge in [-0.2, -0.15) is 0 Å². The van der Waals surface area contributed by atoms with Crippen LogP contribution in [0.5, 0.6) is 5.75 Å². The third-order valence-electron chi connectivity index (χ3n) is 2.66. The predicted molar refractivity (Wildman–Crippen MR) is 82.3 cm³/mol. The van der Waals surface area contributed by atoms with Crippen LogP contribution in [0.15, 0.2) is 29.2 Å². The number of benzene rings is 1. The summed E-state index contributed by atoms with van der Waals surface area (Å²) in [4.78, 5) is 12.7. The molecule has 2 N–H and O–H groups in total.